The maximum Gasteiger partial charge on any atom is 0.333 e. The molecule has 0 bridgehead atoms. The third kappa shape index (κ3) is 5.38. The van der Waals surface area contributed by atoms with Crippen LogP contribution in [0.4, 0.5) is 8.78 Å². The maximum absolute atomic E-state index is 13.5. The third-order valence-electron chi connectivity index (χ3n) is 6.35. The summed E-state index contributed by atoms with van der Waals surface area (Å²) in [5.41, 5.74) is 3.51. The van der Waals surface area contributed by atoms with Crippen LogP contribution in [0.2, 0.25) is 5.02 Å². The fourth-order valence-electron chi connectivity index (χ4n) is 4.70. The molecule has 0 amide bonds. The predicted molar refractivity (Wildman–Crippen MR) is 142 cm³/mol. The van der Waals surface area contributed by atoms with E-state index >= 15 is 0 Å². The number of nitrogens with one attached hydrogen (secondary N) is 1. The molecule has 2 aromatic heterocycles. The predicted octanol–water partition coefficient (Wildman–Crippen LogP) is 4.25. The number of hydrogen-bond acceptors (Lipinski definition) is 8. The summed E-state index contributed by atoms with van der Waals surface area (Å²) in [6, 6.07) is 4.49. The number of rotatable bonds is 9. The van der Waals surface area contributed by atoms with Gasteiger partial charge in [0.25, 0.3) is 0 Å². The van der Waals surface area contributed by atoms with E-state index in [1.165, 1.54) is 30.8 Å². The van der Waals surface area contributed by atoms with Gasteiger partial charge in [0.15, 0.2) is 10.8 Å². The van der Waals surface area contributed by atoms with Crippen LogP contribution in [0.15, 0.2) is 52.9 Å². The van der Waals surface area contributed by atoms with E-state index < -0.39 is 28.7 Å². The van der Waals surface area contributed by atoms with Gasteiger partial charge in [0.2, 0.25) is 10.0 Å². The quantitative estimate of drug-likeness (QED) is 0.405. The van der Waals surface area contributed by atoms with E-state index in [-0.39, 0.29) is 12.4 Å². The number of amidine groups is 1. The van der Waals surface area contributed by atoms with Crippen molar-refractivity contribution in [3.8, 4) is 0 Å². The largest absolute Gasteiger partial charge is 0.384 e. The zero-order valence-electron chi connectivity index (χ0n) is 20.5. The number of aromatic nitrogens is 3. The monoisotopic (exact) mass is 582 g/mol. The summed E-state index contributed by atoms with van der Waals surface area (Å²) >= 11 is 8.09. The van der Waals surface area contributed by atoms with Crippen molar-refractivity contribution in [2.24, 2.45) is 4.99 Å². The Morgan fingerprint density at radius 1 is 1.34 bits per heavy atom. The molecule has 1 fully saturated rings. The molecule has 0 radical (unpaired) electrons. The third-order valence-corrected chi connectivity index (χ3v) is 8.84. The van der Waals surface area contributed by atoms with Gasteiger partial charge in [-0.25, -0.2) is 22.8 Å². The van der Waals surface area contributed by atoms with Gasteiger partial charge in [0.05, 0.1) is 18.6 Å². The molecule has 5 rings (SSSR count). The Labute approximate surface area is 227 Å². The van der Waals surface area contributed by atoms with Crippen molar-refractivity contribution in [1.29, 1.82) is 0 Å². The van der Waals surface area contributed by atoms with E-state index in [9.17, 15) is 17.2 Å². The fraction of sp³-hybridized carbons (Fsp3) is 0.375. The molecule has 4 heterocycles. The number of sulfonamides is 1. The average molecular weight is 583 g/mol. The van der Waals surface area contributed by atoms with Crippen LogP contribution in [-0.4, -0.2) is 66.0 Å². The number of benzene rings is 1. The Morgan fingerprint density at radius 2 is 2.16 bits per heavy atom. The zero-order valence-corrected chi connectivity index (χ0v) is 22.9. The molecule has 1 aromatic carbocycles. The molecule has 2 aliphatic heterocycles. The summed E-state index contributed by atoms with van der Waals surface area (Å²) in [7, 11) is -2.18. The van der Waals surface area contributed by atoms with Crippen LogP contribution in [0, 0.1) is 6.92 Å². The number of alkyl halides is 2. The molecule has 1 N–H and O–H groups in total. The van der Waals surface area contributed by atoms with Gasteiger partial charge in [0, 0.05) is 65.7 Å². The summed E-state index contributed by atoms with van der Waals surface area (Å²) in [4.78, 5) is 11.4. The molecule has 3 aromatic rings. The van der Waals surface area contributed by atoms with E-state index in [0.717, 1.165) is 11.3 Å². The average Bonchev–Trinajstić information content (AvgIpc) is 3.62. The van der Waals surface area contributed by atoms with E-state index in [1.807, 2.05) is 35.4 Å². The number of thiazole rings is 1. The summed E-state index contributed by atoms with van der Waals surface area (Å²) in [5.74, 6) is 0.391. The van der Waals surface area contributed by atoms with Crippen LogP contribution in [0.3, 0.4) is 0 Å². The van der Waals surface area contributed by atoms with Crippen LogP contribution in [-0.2, 0) is 14.8 Å². The minimum atomic E-state index is -3.62. The molecule has 14 heteroatoms. The molecule has 0 spiro atoms. The molecule has 1 saturated heterocycles. The van der Waals surface area contributed by atoms with Gasteiger partial charge >= 0.3 is 6.55 Å². The Bertz CT molecular complexity index is 1490. The number of hydrogen-bond donors (Lipinski definition) is 1. The number of nitrogens with zero attached hydrogens (tertiary/aromatic N) is 5. The Kier molecular flexibility index (Phi) is 7.65. The molecule has 0 unspecified atom stereocenters. The molecule has 2 atom stereocenters. The lowest BCUT2D eigenvalue weighted by atomic mass is 9.90. The highest BCUT2D eigenvalue weighted by molar-refractivity contribution is 7.89. The lowest BCUT2D eigenvalue weighted by molar-refractivity contribution is 0.0566. The fourth-order valence-corrected chi connectivity index (χ4v) is 6.85. The number of ether oxygens (including phenoxy) is 1. The Morgan fingerprint density at radius 3 is 2.82 bits per heavy atom. The first kappa shape index (κ1) is 26.9. The lowest BCUT2D eigenvalue weighted by Crippen LogP contribution is -2.40. The lowest BCUT2D eigenvalue weighted by Gasteiger charge is -2.32. The minimum absolute atomic E-state index is 0.0619. The minimum Gasteiger partial charge on any atom is -0.384 e. The van der Waals surface area contributed by atoms with Crippen molar-refractivity contribution >= 4 is 44.4 Å². The van der Waals surface area contributed by atoms with Crippen molar-refractivity contribution in [2.45, 2.75) is 32.0 Å². The van der Waals surface area contributed by atoms with Gasteiger partial charge in [-0.3, -0.25) is 4.99 Å². The normalized spacial score (nSPS) is 19.8. The first-order valence-electron chi connectivity index (χ1n) is 11.7. The highest BCUT2D eigenvalue weighted by Crippen LogP contribution is 2.46. The summed E-state index contributed by atoms with van der Waals surface area (Å²) in [6.07, 6.45) is 4.64. The van der Waals surface area contributed by atoms with Crippen molar-refractivity contribution < 1.29 is 21.9 Å². The molecule has 0 aliphatic carbocycles. The number of fused-ring (bicyclic) bond motifs is 1. The second-order valence-corrected chi connectivity index (χ2v) is 12.2. The molecule has 38 heavy (non-hydrogen) atoms. The molecular weight excluding hydrogens is 558 g/mol. The molecule has 2 aliphatic rings. The molecule has 202 valence electrons. The molecule has 0 saturated carbocycles. The zero-order chi connectivity index (χ0) is 27.0. The SMILES string of the molecule is COCCS(=O)(=O)N[C@H]1CC2=C(c3cnn(C(F)F)c3)[C@H](c3ccc(C)cc3Cl)N=C(c3nccs3)N2C1. The smallest absolute Gasteiger partial charge is 0.333 e. The standard InChI is InChI=1S/C24H25ClF2N6O3S2/c1-14-3-4-17(18(25)9-14)21-20(15-11-29-33(12-15)24(26)27)19-10-16(31-38(34,35)8-6-36-2)13-32(19)22(30-21)23-28-5-7-37-23/h3-5,7,9,11-12,16,21,24,31H,6,8,10,13H2,1-2H3/t16-,21-/m0/s1. The van der Waals surface area contributed by atoms with E-state index in [1.54, 1.807) is 6.20 Å². The van der Waals surface area contributed by atoms with Crippen molar-refractivity contribution in [3.63, 3.8) is 0 Å². The van der Waals surface area contributed by atoms with Crippen molar-refractivity contribution in [3.05, 3.63) is 74.6 Å². The summed E-state index contributed by atoms with van der Waals surface area (Å²) in [6.45, 7) is -0.535. The molecule has 9 nitrogen and oxygen atoms in total. The van der Waals surface area contributed by atoms with E-state index in [0.29, 0.717) is 50.2 Å². The maximum atomic E-state index is 13.5. The van der Waals surface area contributed by atoms with Crippen molar-refractivity contribution in [2.75, 3.05) is 26.0 Å². The van der Waals surface area contributed by atoms with E-state index in [2.05, 4.69) is 14.8 Å². The van der Waals surface area contributed by atoms with Gasteiger partial charge in [0.1, 0.15) is 6.04 Å². The Balaban J connectivity index is 1.66. The van der Waals surface area contributed by atoms with Crippen LogP contribution < -0.4 is 4.72 Å². The highest BCUT2D eigenvalue weighted by atomic mass is 35.5. The topological polar surface area (TPSA) is 102 Å². The van der Waals surface area contributed by atoms with Crippen LogP contribution >= 0.6 is 22.9 Å². The first-order chi connectivity index (χ1) is 18.2. The van der Waals surface area contributed by atoms with Gasteiger partial charge in [-0.15, -0.1) is 11.3 Å². The first-order valence-corrected chi connectivity index (χ1v) is 14.6. The van der Waals surface area contributed by atoms with Crippen LogP contribution in [0.25, 0.3) is 5.57 Å². The highest BCUT2D eigenvalue weighted by Gasteiger charge is 2.41. The number of aryl methyl sites for hydroxylation is 1. The Hall–Kier alpha value is -2.71. The number of aliphatic imine (C=N–C) groups is 1. The van der Waals surface area contributed by atoms with Crippen LogP contribution in [0.1, 0.15) is 40.7 Å². The second-order valence-electron chi connectivity index (χ2n) is 9.01. The van der Waals surface area contributed by atoms with Crippen LogP contribution in [0.5, 0.6) is 0 Å². The molecular formula is C24H25ClF2N6O3S2. The number of methoxy groups -OCH3 is 1. The van der Waals surface area contributed by atoms with E-state index in [4.69, 9.17) is 21.3 Å². The van der Waals surface area contributed by atoms with Gasteiger partial charge in [-0.1, -0.05) is 23.7 Å². The van der Waals surface area contributed by atoms with Gasteiger partial charge in [-0.2, -0.15) is 13.9 Å². The van der Waals surface area contributed by atoms with Gasteiger partial charge in [-0.05, 0) is 24.1 Å². The van der Waals surface area contributed by atoms with Gasteiger partial charge < -0.3 is 9.64 Å². The second kappa shape index (κ2) is 10.8. The summed E-state index contributed by atoms with van der Waals surface area (Å²) < 4.78 is 60.6. The number of halogens is 3. The van der Waals surface area contributed by atoms with Crippen molar-refractivity contribution in [1.82, 2.24) is 24.4 Å². The summed E-state index contributed by atoms with van der Waals surface area (Å²) in [5, 5.41) is 6.82.